The van der Waals surface area contributed by atoms with E-state index < -0.39 is 0 Å². The average molecular weight is 308 g/mol. The van der Waals surface area contributed by atoms with Crippen LogP contribution in [0.2, 0.25) is 10.0 Å². The number of benzene rings is 1. The molecule has 0 aromatic heterocycles. The van der Waals surface area contributed by atoms with Gasteiger partial charge >= 0.3 is 0 Å². The Kier molecular flexibility index (Phi) is 6.82. The standard InChI is InChI=1S/C13H19Cl2NOS/c1-8(2)5-11(16)13(7-17)18-12-6-9(14)3-4-10(12)15/h3-4,6,8,11,13,17H,5,7,16H2,1-2H3. The Balaban J connectivity index is 2.76. The van der Waals surface area contributed by atoms with E-state index in [0.717, 1.165) is 11.3 Å². The van der Waals surface area contributed by atoms with Gasteiger partial charge in [-0.3, -0.25) is 0 Å². The molecule has 1 aromatic carbocycles. The molecule has 0 spiro atoms. The zero-order valence-electron chi connectivity index (χ0n) is 10.6. The summed E-state index contributed by atoms with van der Waals surface area (Å²) in [5.41, 5.74) is 6.11. The normalized spacial score (nSPS) is 14.8. The van der Waals surface area contributed by atoms with E-state index in [1.807, 2.05) is 0 Å². The maximum atomic E-state index is 9.45. The predicted octanol–water partition coefficient (Wildman–Crippen LogP) is 3.82. The fourth-order valence-corrected chi connectivity index (χ4v) is 3.24. The van der Waals surface area contributed by atoms with E-state index in [0.29, 0.717) is 16.0 Å². The van der Waals surface area contributed by atoms with E-state index in [9.17, 15) is 5.11 Å². The fourth-order valence-electron chi connectivity index (χ4n) is 1.69. The highest BCUT2D eigenvalue weighted by molar-refractivity contribution is 8.00. The number of halogens is 2. The summed E-state index contributed by atoms with van der Waals surface area (Å²) < 4.78 is 0. The summed E-state index contributed by atoms with van der Waals surface area (Å²) in [6, 6.07) is 5.25. The highest BCUT2D eigenvalue weighted by Gasteiger charge is 2.20. The lowest BCUT2D eigenvalue weighted by Gasteiger charge is -2.23. The molecule has 0 saturated heterocycles. The molecule has 3 N–H and O–H groups in total. The molecule has 0 heterocycles. The van der Waals surface area contributed by atoms with Crippen LogP contribution in [0.4, 0.5) is 0 Å². The molecule has 0 bridgehead atoms. The molecule has 1 aromatic rings. The Bertz CT molecular complexity index is 387. The minimum absolute atomic E-state index is 0.0292. The van der Waals surface area contributed by atoms with Crippen molar-refractivity contribution in [1.29, 1.82) is 0 Å². The van der Waals surface area contributed by atoms with E-state index in [1.165, 1.54) is 11.8 Å². The molecule has 102 valence electrons. The van der Waals surface area contributed by atoms with Crippen molar-refractivity contribution in [1.82, 2.24) is 0 Å². The van der Waals surface area contributed by atoms with Crippen LogP contribution in [0, 0.1) is 5.92 Å². The van der Waals surface area contributed by atoms with Gasteiger partial charge in [0.1, 0.15) is 0 Å². The molecule has 18 heavy (non-hydrogen) atoms. The first kappa shape index (κ1) is 16.1. The number of aliphatic hydroxyl groups is 1. The minimum Gasteiger partial charge on any atom is -0.395 e. The van der Waals surface area contributed by atoms with Gasteiger partial charge in [0.15, 0.2) is 0 Å². The van der Waals surface area contributed by atoms with Crippen LogP contribution in [0.15, 0.2) is 23.1 Å². The summed E-state index contributed by atoms with van der Waals surface area (Å²) in [4.78, 5) is 0.863. The Morgan fingerprint density at radius 2 is 2.00 bits per heavy atom. The Morgan fingerprint density at radius 3 is 2.56 bits per heavy atom. The summed E-state index contributed by atoms with van der Waals surface area (Å²) in [5, 5.41) is 10.7. The molecular formula is C13H19Cl2NOS. The van der Waals surface area contributed by atoms with Gasteiger partial charge in [-0.2, -0.15) is 0 Å². The summed E-state index contributed by atoms with van der Waals surface area (Å²) in [6.07, 6.45) is 0.871. The third-order valence-electron chi connectivity index (χ3n) is 2.57. The molecular weight excluding hydrogens is 289 g/mol. The molecule has 0 radical (unpaired) electrons. The number of thioether (sulfide) groups is 1. The van der Waals surface area contributed by atoms with Crippen LogP contribution in [-0.2, 0) is 0 Å². The molecule has 1 rings (SSSR count). The highest BCUT2D eigenvalue weighted by Crippen LogP contribution is 2.34. The van der Waals surface area contributed by atoms with Crippen LogP contribution in [-0.4, -0.2) is 23.0 Å². The van der Waals surface area contributed by atoms with Crippen molar-refractivity contribution in [3.63, 3.8) is 0 Å². The van der Waals surface area contributed by atoms with Crippen LogP contribution < -0.4 is 5.73 Å². The number of nitrogens with two attached hydrogens (primary N) is 1. The fraction of sp³-hybridized carbons (Fsp3) is 0.538. The van der Waals surface area contributed by atoms with Crippen molar-refractivity contribution in [3.05, 3.63) is 28.2 Å². The minimum atomic E-state index is -0.0663. The van der Waals surface area contributed by atoms with E-state index in [4.69, 9.17) is 28.9 Å². The first-order valence-electron chi connectivity index (χ1n) is 5.92. The molecule has 2 atom stereocenters. The molecule has 2 nitrogen and oxygen atoms in total. The smallest absolute Gasteiger partial charge is 0.0568 e. The van der Waals surface area contributed by atoms with Crippen LogP contribution in [0.5, 0.6) is 0 Å². The van der Waals surface area contributed by atoms with Crippen LogP contribution in [0.3, 0.4) is 0 Å². The Morgan fingerprint density at radius 1 is 1.33 bits per heavy atom. The van der Waals surface area contributed by atoms with E-state index in [2.05, 4.69) is 13.8 Å². The van der Waals surface area contributed by atoms with Gasteiger partial charge in [-0.1, -0.05) is 37.0 Å². The van der Waals surface area contributed by atoms with Crippen LogP contribution in [0.25, 0.3) is 0 Å². The third-order valence-corrected chi connectivity index (χ3v) is 4.64. The second-order valence-electron chi connectivity index (χ2n) is 4.71. The zero-order valence-corrected chi connectivity index (χ0v) is 12.9. The lowest BCUT2D eigenvalue weighted by atomic mass is 10.0. The van der Waals surface area contributed by atoms with Gasteiger partial charge in [0.25, 0.3) is 0 Å². The topological polar surface area (TPSA) is 46.2 Å². The predicted molar refractivity (Wildman–Crippen MR) is 80.6 cm³/mol. The third kappa shape index (κ3) is 4.98. The number of aliphatic hydroxyl groups excluding tert-OH is 1. The van der Waals surface area contributed by atoms with Crippen LogP contribution >= 0.6 is 35.0 Å². The average Bonchev–Trinajstić information content (AvgIpc) is 2.29. The van der Waals surface area contributed by atoms with Gasteiger partial charge in [-0.05, 0) is 30.5 Å². The summed E-state index contributed by atoms with van der Waals surface area (Å²) in [5.74, 6) is 0.504. The lowest BCUT2D eigenvalue weighted by molar-refractivity contribution is 0.275. The Labute approximate surface area is 123 Å². The largest absolute Gasteiger partial charge is 0.395 e. The molecule has 0 aliphatic carbocycles. The highest BCUT2D eigenvalue weighted by atomic mass is 35.5. The van der Waals surface area contributed by atoms with Crippen molar-refractivity contribution in [2.24, 2.45) is 11.7 Å². The maximum Gasteiger partial charge on any atom is 0.0568 e. The SMILES string of the molecule is CC(C)CC(N)C(CO)Sc1cc(Cl)ccc1Cl. The Hall–Kier alpha value is 0.0700. The van der Waals surface area contributed by atoms with Gasteiger partial charge in [0, 0.05) is 21.2 Å². The van der Waals surface area contributed by atoms with E-state index in [-0.39, 0.29) is 17.9 Å². The van der Waals surface area contributed by atoms with Gasteiger partial charge < -0.3 is 10.8 Å². The van der Waals surface area contributed by atoms with Crippen LogP contribution in [0.1, 0.15) is 20.3 Å². The van der Waals surface area contributed by atoms with Crippen molar-refractivity contribution in [2.45, 2.75) is 36.5 Å². The molecule has 5 heteroatoms. The van der Waals surface area contributed by atoms with Gasteiger partial charge in [-0.15, -0.1) is 11.8 Å². The lowest BCUT2D eigenvalue weighted by Crippen LogP contribution is -2.36. The van der Waals surface area contributed by atoms with Crippen molar-refractivity contribution in [3.8, 4) is 0 Å². The summed E-state index contributed by atoms with van der Waals surface area (Å²) in [7, 11) is 0. The summed E-state index contributed by atoms with van der Waals surface area (Å²) >= 11 is 13.5. The number of hydrogen-bond donors (Lipinski definition) is 2. The summed E-state index contributed by atoms with van der Waals surface area (Å²) in [6.45, 7) is 4.26. The molecule has 0 amide bonds. The molecule has 0 aliphatic rings. The van der Waals surface area contributed by atoms with Crippen molar-refractivity contribution >= 4 is 35.0 Å². The molecule has 0 aliphatic heterocycles. The zero-order chi connectivity index (χ0) is 13.7. The first-order valence-corrected chi connectivity index (χ1v) is 7.55. The molecule has 2 unspecified atom stereocenters. The maximum absolute atomic E-state index is 9.45. The van der Waals surface area contributed by atoms with Gasteiger partial charge in [-0.25, -0.2) is 0 Å². The quantitative estimate of drug-likeness (QED) is 0.785. The molecule has 0 fully saturated rings. The number of rotatable bonds is 6. The van der Waals surface area contributed by atoms with Crippen molar-refractivity contribution < 1.29 is 5.11 Å². The first-order chi connectivity index (χ1) is 8.43. The molecule has 0 saturated carbocycles. The van der Waals surface area contributed by atoms with E-state index >= 15 is 0 Å². The monoisotopic (exact) mass is 307 g/mol. The van der Waals surface area contributed by atoms with E-state index in [1.54, 1.807) is 18.2 Å². The van der Waals surface area contributed by atoms with Gasteiger partial charge in [0.05, 0.1) is 11.6 Å². The van der Waals surface area contributed by atoms with Crippen molar-refractivity contribution in [2.75, 3.05) is 6.61 Å². The number of hydrogen-bond acceptors (Lipinski definition) is 3. The van der Waals surface area contributed by atoms with Gasteiger partial charge in [0.2, 0.25) is 0 Å². The second-order valence-corrected chi connectivity index (χ2v) is 6.83. The second kappa shape index (κ2) is 7.61.